The van der Waals surface area contributed by atoms with Crippen LogP contribution in [0.3, 0.4) is 0 Å². The lowest BCUT2D eigenvalue weighted by Crippen LogP contribution is -2.13. The second-order valence-corrected chi connectivity index (χ2v) is 5.21. The average molecular weight is 363 g/mol. The summed E-state index contributed by atoms with van der Waals surface area (Å²) in [6.45, 7) is 0. The second-order valence-electron chi connectivity index (χ2n) is 4.05. The summed E-state index contributed by atoms with van der Waals surface area (Å²) in [5.74, 6) is -0.207. The maximum atomic E-state index is 12.2. The average Bonchev–Trinajstić information content (AvgIpc) is 2.85. The molecule has 94 valence electrons. The number of rotatable bonds is 2. The summed E-state index contributed by atoms with van der Waals surface area (Å²) in [6.07, 6.45) is 0. The molecule has 0 fully saturated rings. The van der Waals surface area contributed by atoms with Gasteiger partial charge in [0.05, 0.1) is 11.2 Å². The Kier molecular flexibility index (Phi) is 3.20. The third-order valence-electron chi connectivity index (χ3n) is 2.81. The number of halogens is 1. The number of hydrogen-bond acceptors (Lipinski definition) is 2. The van der Waals surface area contributed by atoms with Crippen molar-refractivity contribution in [2.45, 2.75) is 0 Å². The minimum Gasteiger partial charge on any atom is -0.320 e. The van der Waals surface area contributed by atoms with Gasteiger partial charge in [-0.05, 0) is 40.8 Å². The summed E-state index contributed by atoms with van der Waals surface area (Å²) in [5, 5.41) is 10.6. The molecule has 0 aliphatic heterocycles. The molecule has 0 spiro atoms. The maximum absolute atomic E-state index is 12.2. The smallest absolute Gasteiger partial charge is 0.276 e. The zero-order valence-corrected chi connectivity index (χ0v) is 12.0. The first-order valence-corrected chi connectivity index (χ1v) is 6.82. The van der Waals surface area contributed by atoms with Crippen LogP contribution in [0.25, 0.3) is 10.9 Å². The number of hydrogen-bond donors (Lipinski definition) is 2. The standard InChI is InChI=1S/C14H10IN3O/c15-10-6-2-4-8-12(10)16-14(19)13-9-5-1-3-7-11(9)17-18-13/h1-8H,(H,16,19)(H,17,18). The third kappa shape index (κ3) is 2.33. The Morgan fingerprint density at radius 3 is 2.68 bits per heavy atom. The number of fused-ring (bicyclic) bond motifs is 1. The van der Waals surface area contributed by atoms with E-state index in [0.29, 0.717) is 5.69 Å². The fourth-order valence-corrected chi connectivity index (χ4v) is 2.40. The first-order valence-electron chi connectivity index (χ1n) is 5.75. The van der Waals surface area contributed by atoms with Gasteiger partial charge in [-0.25, -0.2) is 0 Å². The molecular weight excluding hydrogens is 353 g/mol. The highest BCUT2D eigenvalue weighted by Crippen LogP contribution is 2.20. The van der Waals surface area contributed by atoms with Gasteiger partial charge in [0.2, 0.25) is 0 Å². The quantitative estimate of drug-likeness (QED) is 0.686. The number of benzene rings is 2. The summed E-state index contributed by atoms with van der Waals surface area (Å²) >= 11 is 2.19. The van der Waals surface area contributed by atoms with E-state index >= 15 is 0 Å². The number of carbonyl (C=O) groups is 1. The van der Waals surface area contributed by atoms with Gasteiger partial charge in [0.1, 0.15) is 0 Å². The van der Waals surface area contributed by atoms with E-state index in [1.807, 2.05) is 48.5 Å². The van der Waals surface area contributed by atoms with Crippen molar-refractivity contribution in [1.82, 2.24) is 10.2 Å². The minimum absolute atomic E-state index is 0.207. The molecule has 3 aromatic rings. The van der Waals surface area contributed by atoms with Crippen molar-refractivity contribution >= 4 is 45.1 Å². The zero-order chi connectivity index (χ0) is 13.2. The minimum atomic E-state index is -0.207. The van der Waals surface area contributed by atoms with Crippen LogP contribution in [0.4, 0.5) is 5.69 Å². The highest BCUT2D eigenvalue weighted by Gasteiger charge is 2.14. The molecule has 1 heterocycles. The number of aromatic nitrogens is 2. The van der Waals surface area contributed by atoms with Crippen LogP contribution >= 0.6 is 22.6 Å². The van der Waals surface area contributed by atoms with Crippen molar-refractivity contribution < 1.29 is 4.79 Å². The van der Waals surface area contributed by atoms with Gasteiger partial charge in [-0.3, -0.25) is 9.89 Å². The predicted molar refractivity (Wildman–Crippen MR) is 83.2 cm³/mol. The van der Waals surface area contributed by atoms with Crippen LogP contribution < -0.4 is 5.32 Å². The zero-order valence-electron chi connectivity index (χ0n) is 9.85. The first-order chi connectivity index (χ1) is 9.25. The largest absolute Gasteiger partial charge is 0.320 e. The van der Waals surface area contributed by atoms with E-state index in [1.54, 1.807) is 0 Å². The number of nitrogens with zero attached hydrogens (tertiary/aromatic N) is 1. The molecule has 0 atom stereocenters. The Morgan fingerprint density at radius 1 is 1.11 bits per heavy atom. The first kappa shape index (κ1) is 12.2. The van der Waals surface area contributed by atoms with Crippen LogP contribution in [0.15, 0.2) is 48.5 Å². The Labute approximate surface area is 123 Å². The van der Waals surface area contributed by atoms with Gasteiger partial charge in [0, 0.05) is 8.96 Å². The van der Waals surface area contributed by atoms with Crippen molar-refractivity contribution in [1.29, 1.82) is 0 Å². The Balaban J connectivity index is 1.95. The molecule has 2 aromatic carbocycles. The van der Waals surface area contributed by atoms with E-state index in [9.17, 15) is 4.79 Å². The number of H-pyrrole nitrogens is 1. The third-order valence-corrected chi connectivity index (χ3v) is 3.75. The van der Waals surface area contributed by atoms with Crippen molar-refractivity contribution in [3.63, 3.8) is 0 Å². The molecular formula is C14H10IN3O. The number of nitrogens with one attached hydrogen (secondary N) is 2. The second kappa shape index (κ2) is 5.00. The van der Waals surface area contributed by atoms with Crippen molar-refractivity contribution in [3.8, 4) is 0 Å². The van der Waals surface area contributed by atoms with Gasteiger partial charge < -0.3 is 5.32 Å². The van der Waals surface area contributed by atoms with Crippen LogP contribution in [0, 0.1) is 3.57 Å². The van der Waals surface area contributed by atoms with Crippen LogP contribution in [0.5, 0.6) is 0 Å². The Morgan fingerprint density at radius 2 is 1.84 bits per heavy atom. The number of anilines is 1. The van der Waals surface area contributed by atoms with Gasteiger partial charge in [0.15, 0.2) is 5.69 Å². The highest BCUT2D eigenvalue weighted by atomic mass is 127. The van der Waals surface area contributed by atoms with E-state index < -0.39 is 0 Å². The molecule has 0 saturated carbocycles. The van der Waals surface area contributed by atoms with Gasteiger partial charge >= 0.3 is 0 Å². The normalized spacial score (nSPS) is 10.6. The molecule has 0 saturated heterocycles. The van der Waals surface area contributed by atoms with Crippen LogP contribution in [-0.2, 0) is 0 Å². The molecule has 19 heavy (non-hydrogen) atoms. The summed E-state index contributed by atoms with van der Waals surface area (Å²) < 4.78 is 0.994. The predicted octanol–water partition coefficient (Wildman–Crippen LogP) is 3.42. The summed E-state index contributed by atoms with van der Waals surface area (Å²) in [7, 11) is 0. The molecule has 0 aliphatic rings. The summed E-state index contributed by atoms with van der Waals surface area (Å²) in [5.41, 5.74) is 2.06. The lowest BCUT2D eigenvalue weighted by atomic mass is 10.2. The van der Waals surface area contributed by atoms with E-state index in [0.717, 1.165) is 20.2 Å². The fraction of sp³-hybridized carbons (Fsp3) is 0. The molecule has 1 aromatic heterocycles. The summed E-state index contributed by atoms with van der Waals surface area (Å²) in [6, 6.07) is 15.2. The van der Waals surface area contributed by atoms with Crippen molar-refractivity contribution in [2.75, 3.05) is 5.32 Å². The van der Waals surface area contributed by atoms with E-state index in [4.69, 9.17) is 0 Å². The van der Waals surface area contributed by atoms with Crippen molar-refractivity contribution in [2.24, 2.45) is 0 Å². The van der Waals surface area contributed by atoms with Crippen molar-refractivity contribution in [3.05, 3.63) is 57.8 Å². The molecule has 0 radical (unpaired) electrons. The molecule has 1 amide bonds. The highest BCUT2D eigenvalue weighted by molar-refractivity contribution is 14.1. The molecule has 0 aliphatic carbocycles. The number of aromatic amines is 1. The Bertz CT molecular complexity index is 751. The maximum Gasteiger partial charge on any atom is 0.276 e. The summed E-state index contributed by atoms with van der Waals surface area (Å²) in [4.78, 5) is 12.2. The Hall–Kier alpha value is -1.89. The molecule has 3 rings (SSSR count). The van der Waals surface area contributed by atoms with Crippen LogP contribution in [-0.4, -0.2) is 16.1 Å². The van der Waals surface area contributed by atoms with Gasteiger partial charge in [-0.1, -0.05) is 30.3 Å². The van der Waals surface area contributed by atoms with Crippen LogP contribution in [0.1, 0.15) is 10.5 Å². The lowest BCUT2D eigenvalue weighted by molar-refractivity contribution is 0.102. The lowest BCUT2D eigenvalue weighted by Gasteiger charge is -2.05. The molecule has 2 N–H and O–H groups in total. The SMILES string of the molecule is O=C(Nc1ccccc1I)c1n[nH]c2ccccc12. The molecule has 0 bridgehead atoms. The number of para-hydroxylation sites is 2. The molecule has 0 unspecified atom stereocenters. The fourth-order valence-electron chi connectivity index (χ4n) is 1.88. The monoisotopic (exact) mass is 363 g/mol. The topological polar surface area (TPSA) is 57.8 Å². The van der Waals surface area contributed by atoms with E-state index in [2.05, 4.69) is 38.1 Å². The molecule has 4 nitrogen and oxygen atoms in total. The van der Waals surface area contributed by atoms with E-state index in [1.165, 1.54) is 0 Å². The van der Waals surface area contributed by atoms with Gasteiger partial charge in [-0.2, -0.15) is 5.10 Å². The van der Waals surface area contributed by atoms with E-state index in [-0.39, 0.29) is 5.91 Å². The number of carbonyl (C=O) groups excluding carboxylic acids is 1. The van der Waals surface area contributed by atoms with Gasteiger partial charge in [-0.15, -0.1) is 0 Å². The number of amides is 1. The van der Waals surface area contributed by atoms with Crippen LogP contribution in [0.2, 0.25) is 0 Å². The molecule has 5 heteroatoms. The van der Waals surface area contributed by atoms with Gasteiger partial charge in [0.25, 0.3) is 5.91 Å².